The number of anilines is 1. The van der Waals surface area contributed by atoms with E-state index in [1.165, 1.54) is 38.5 Å². The van der Waals surface area contributed by atoms with Gasteiger partial charge in [-0.2, -0.15) is 0 Å². The molecule has 5 saturated carbocycles. The van der Waals surface area contributed by atoms with Crippen LogP contribution >= 0.6 is 0 Å². The lowest BCUT2D eigenvalue weighted by molar-refractivity contribution is -0.117. The standard InChI is InChI=1S/C25H35N3O2/c1-2-22(25-12-17-9-18(13-25)11-19(10-17)14-25)28-24(30)26-15-16-3-7-21(8-4-16)27-23(29)20-5-6-20/h3-4,7-8,17-20,22H,2,5-6,9-15H2,1H3,(H,27,29)(H2,26,28,30). The summed E-state index contributed by atoms with van der Waals surface area (Å²) in [4.78, 5) is 24.6. The molecular weight excluding hydrogens is 374 g/mol. The minimum atomic E-state index is -0.0521. The maximum atomic E-state index is 12.7. The van der Waals surface area contributed by atoms with Crippen LogP contribution in [0.15, 0.2) is 24.3 Å². The molecule has 3 amide bonds. The van der Waals surface area contributed by atoms with Crippen LogP contribution in [0, 0.1) is 29.1 Å². The minimum absolute atomic E-state index is 0.0521. The van der Waals surface area contributed by atoms with Crippen LogP contribution in [0.25, 0.3) is 0 Å². The molecule has 0 spiro atoms. The van der Waals surface area contributed by atoms with Crippen molar-refractivity contribution >= 4 is 17.6 Å². The van der Waals surface area contributed by atoms with E-state index in [9.17, 15) is 9.59 Å². The Labute approximate surface area is 179 Å². The Kier molecular flexibility index (Phi) is 5.24. The molecule has 0 heterocycles. The zero-order valence-corrected chi connectivity index (χ0v) is 18.1. The van der Waals surface area contributed by atoms with Gasteiger partial charge in [-0.3, -0.25) is 4.79 Å². The normalized spacial score (nSPS) is 32.5. The maximum Gasteiger partial charge on any atom is 0.315 e. The van der Waals surface area contributed by atoms with Gasteiger partial charge in [0.2, 0.25) is 5.91 Å². The van der Waals surface area contributed by atoms with Gasteiger partial charge in [0.25, 0.3) is 0 Å². The molecule has 0 saturated heterocycles. The zero-order valence-electron chi connectivity index (χ0n) is 18.1. The molecule has 30 heavy (non-hydrogen) atoms. The van der Waals surface area contributed by atoms with Crippen LogP contribution in [0.1, 0.15) is 70.3 Å². The van der Waals surface area contributed by atoms with Crippen LogP contribution in [0.3, 0.4) is 0 Å². The Bertz CT molecular complexity index is 764. The first-order valence-electron chi connectivity index (χ1n) is 12.0. The summed E-state index contributed by atoms with van der Waals surface area (Å²) in [5.41, 5.74) is 2.20. The van der Waals surface area contributed by atoms with Crippen LogP contribution in [0.2, 0.25) is 0 Å². The van der Waals surface area contributed by atoms with Gasteiger partial charge in [0.15, 0.2) is 0 Å². The monoisotopic (exact) mass is 409 g/mol. The summed E-state index contributed by atoms with van der Waals surface area (Å²) in [5.74, 6) is 3.02. The second-order valence-electron chi connectivity index (χ2n) is 10.5. The van der Waals surface area contributed by atoms with Gasteiger partial charge in [-0.1, -0.05) is 19.1 Å². The Hall–Kier alpha value is -2.04. The van der Waals surface area contributed by atoms with Gasteiger partial charge in [-0.05, 0) is 98.7 Å². The third-order valence-electron chi connectivity index (χ3n) is 8.16. The maximum absolute atomic E-state index is 12.7. The van der Waals surface area contributed by atoms with E-state index in [1.807, 2.05) is 24.3 Å². The SMILES string of the molecule is CCC(NC(=O)NCc1ccc(NC(=O)C2CC2)cc1)C12CC3CC(CC(C3)C1)C2. The summed E-state index contributed by atoms with van der Waals surface area (Å²) in [5, 5.41) is 9.34. The van der Waals surface area contributed by atoms with Crippen molar-refractivity contribution in [2.24, 2.45) is 29.1 Å². The van der Waals surface area contributed by atoms with E-state index < -0.39 is 0 Å². The highest BCUT2D eigenvalue weighted by atomic mass is 16.2. The van der Waals surface area contributed by atoms with Crippen LogP contribution in [-0.4, -0.2) is 18.0 Å². The number of carbonyl (C=O) groups is 2. The van der Waals surface area contributed by atoms with Crippen molar-refractivity contribution in [3.05, 3.63) is 29.8 Å². The van der Waals surface area contributed by atoms with Crippen LogP contribution in [0.4, 0.5) is 10.5 Å². The van der Waals surface area contributed by atoms with Gasteiger partial charge in [-0.15, -0.1) is 0 Å². The summed E-state index contributed by atoms with van der Waals surface area (Å²) in [6.45, 7) is 2.72. The number of benzene rings is 1. The molecule has 6 rings (SSSR count). The second-order valence-corrected chi connectivity index (χ2v) is 10.5. The Morgan fingerprint density at radius 3 is 2.13 bits per heavy atom. The molecule has 1 aromatic rings. The highest BCUT2D eigenvalue weighted by Gasteiger charge is 2.54. The molecule has 4 bridgehead atoms. The van der Waals surface area contributed by atoms with Gasteiger partial charge < -0.3 is 16.0 Å². The molecule has 5 fully saturated rings. The first kappa shape index (κ1) is 19.9. The molecule has 1 unspecified atom stereocenters. The van der Waals surface area contributed by atoms with E-state index in [0.717, 1.165) is 48.3 Å². The van der Waals surface area contributed by atoms with Gasteiger partial charge in [0.1, 0.15) is 0 Å². The van der Waals surface area contributed by atoms with Gasteiger partial charge in [0.05, 0.1) is 0 Å². The number of hydrogen-bond donors (Lipinski definition) is 3. The van der Waals surface area contributed by atoms with E-state index in [4.69, 9.17) is 0 Å². The first-order chi connectivity index (χ1) is 14.5. The summed E-state index contributed by atoms with van der Waals surface area (Å²) in [6.07, 6.45) is 11.2. The van der Waals surface area contributed by atoms with Crippen molar-refractivity contribution < 1.29 is 9.59 Å². The summed E-state index contributed by atoms with van der Waals surface area (Å²) in [7, 11) is 0. The predicted octanol–water partition coefficient (Wildman–Crippen LogP) is 4.83. The molecule has 5 nitrogen and oxygen atoms in total. The first-order valence-corrected chi connectivity index (χ1v) is 12.0. The van der Waals surface area contributed by atoms with Crippen LogP contribution in [-0.2, 0) is 11.3 Å². The van der Waals surface area contributed by atoms with Crippen LogP contribution in [0.5, 0.6) is 0 Å². The molecule has 5 aliphatic carbocycles. The molecule has 5 aliphatic rings. The highest BCUT2D eigenvalue weighted by molar-refractivity contribution is 5.94. The third-order valence-corrected chi connectivity index (χ3v) is 8.16. The van der Waals surface area contributed by atoms with Crippen molar-refractivity contribution in [1.29, 1.82) is 0 Å². The van der Waals surface area contributed by atoms with E-state index in [0.29, 0.717) is 12.0 Å². The predicted molar refractivity (Wildman–Crippen MR) is 118 cm³/mol. The average Bonchev–Trinajstić information content (AvgIpc) is 3.56. The van der Waals surface area contributed by atoms with Gasteiger partial charge in [-0.25, -0.2) is 4.79 Å². The molecule has 1 atom stereocenters. The van der Waals surface area contributed by atoms with E-state index in [2.05, 4.69) is 22.9 Å². The van der Waals surface area contributed by atoms with Crippen molar-refractivity contribution in [2.45, 2.75) is 77.3 Å². The van der Waals surface area contributed by atoms with Gasteiger partial charge in [0, 0.05) is 24.2 Å². The molecule has 0 radical (unpaired) electrons. The number of amides is 3. The van der Waals surface area contributed by atoms with Gasteiger partial charge >= 0.3 is 6.03 Å². The number of urea groups is 1. The van der Waals surface area contributed by atoms with E-state index in [1.54, 1.807) is 0 Å². The third kappa shape index (κ3) is 4.08. The van der Waals surface area contributed by atoms with Crippen molar-refractivity contribution in [3.8, 4) is 0 Å². The fourth-order valence-electron chi connectivity index (χ4n) is 6.98. The average molecular weight is 410 g/mol. The number of carbonyl (C=O) groups excluding carboxylic acids is 2. The zero-order chi connectivity index (χ0) is 20.7. The minimum Gasteiger partial charge on any atom is -0.335 e. The van der Waals surface area contributed by atoms with Crippen molar-refractivity contribution in [1.82, 2.24) is 10.6 Å². The fraction of sp³-hybridized carbons (Fsp3) is 0.680. The molecule has 0 aliphatic heterocycles. The number of rotatable bonds is 7. The second kappa shape index (κ2) is 7.90. The largest absolute Gasteiger partial charge is 0.335 e. The van der Waals surface area contributed by atoms with Crippen molar-refractivity contribution in [2.75, 3.05) is 5.32 Å². The molecular formula is C25H35N3O2. The van der Waals surface area contributed by atoms with Crippen molar-refractivity contribution in [3.63, 3.8) is 0 Å². The summed E-state index contributed by atoms with van der Waals surface area (Å²) >= 11 is 0. The summed E-state index contributed by atoms with van der Waals surface area (Å²) < 4.78 is 0. The summed E-state index contributed by atoms with van der Waals surface area (Å²) in [6, 6.07) is 8.01. The lowest BCUT2D eigenvalue weighted by atomic mass is 9.47. The van der Waals surface area contributed by atoms with Crippen LogP contribution < -0.4 is 16.0 Å². The molecule has 1 aromatic carbocycles. The topological polar surface area (TPSA) is 70.2 Å². The lowest BCUT2D eigenvalue weighted by Gasteiger charge is -2.59. The Balaban J connectivity index is 1.13. The molecule has 162 valence electrons. The Morgan fingerprint density at radius 1 is 1.00 bits per heavy atom. The smallest absolute Gasteiger partial charge is 0.315 e. The Morgan fingerprint density at radius 2 is 1.60 bits per heavy atom. The molecule has 3 N–H and O–H groups in total. The van der Waals surface area contributed by atoms with E-state index in [-0.39, 0.29) is 23.9 Å². The quantitative estimate of drug-likeness (QED) is 0.604. The molecule has 0 aromatic heterocycles. The lowest BCUT2D eigenvalue weighted by Crippen LogP contribution is -2.57. The van der Waals surface area contributed by atoms with E-state index >= 15 is 0 Å². The highest BCUT2D eigenvalue weighted by Crippen LogP contribution is 2.61. The fourth-order valence-corrected chi connectivity index (χ4v) is 6.98. The number of hydrogen-bond acceptors (Lipinski definition) is 2. The molecule has 5 heteroatoms. The number of nitrogens with one attached hydrogen (secondary N) is 3.